The lowest BCUT2D eigenvalue weighted by Gasteiger charge is -2.40. The third-order valence-electron chi connectivity index (χ3n) is 12.3. The molecule has 2 unspecified atom stereocenters. The first-order chi connectivity index (χ1) is 32.5. The molecule has 25 heteroatoms. The molecule has 7 rings (SSSR count). The van der Waals surface area contributed by atoms with E-state index in [-0.39, 0.29) is 69.5 Å². The van der Waals surface area contributed by atoms with Gasteiger partial charge in [0, 0.05) is 82.2 Å². The number of hydrogen-bond donors (Lipinski definition) is 6. The van der Waals surface area contributed by atoms with E-state index in [1.807, 2.05) is 27.7 Å². The Morgan fingerprint density at radius 1 is 0.971 bits per heavy atom. The average molecular weight is 1020 g/mol. The minimum absolute atomic E-state index is 0.0106. The Morgan fingerprint density at radius 2 is 1.67 bits per heavy atom. The molecule has 22 nitrogen and oxygen atoms in total. The van der Waals surface area contributed by atoms with E-state index in [1.165, 1.54) is 31.4 Å². The first-order valence-electron chi connectivity index (χ1n) is 21.8. The lowest BCUT2D eigenvalue weighted by atomic mass is 9.79. The monoisotopic (exact) mass is 1020 g/mol. The molecule has 0 spiro atoms. The standard InChI is InChI=1S/C45H51N9O13S3/c1-23-19-44(3,4)51-36-29(23)17-32-35(33-18-30-24(2)20-45(5,6)52-37(30)41(70(64,65)66)39(33)67-38(32)40(36)69(61,62)63)28-11-8-25(16-31(28)43(57)54(7)14-15-68(58,59)60)42(56)47-13-12-34(55)50-27-10-9-26(48-21-27)22-49-53-46/h8-11,16-18,21,23-24,51H,12-15,19-20,22H2,1-7H3,(H,47,56)(H,50,55)(H,58,59,60)(H,61,62,63)(H,64,65,66). The van der Waals surface area contributed by atoms with Gasteiger partial charge in [0.05, 0.1) is 29.9 Å². The van der Waals surface area contributed by atoms with Crippen LogP contribution in [0.1, 0.15) is 121 Å². The number of carbonyl (C=O) groups is 3. The van der Waals surface area contributed by atoms with Crippen LogP contribution in [0.3, 0.4) is 0 Å². The second-order valence-electron chi connectivity index (χ2n) is 19.0. The van der Waals surface area contributed by atoms with Crippen LogP contribution in [0.25, 0.3) is 16.0 Å². The highest BCUT2D eigenvalue weighted by atomic mass is 32.2. The molecule has 4 aromatic rings. The van der Waals surface area contributed by atoms with Gasteiger partial charge in [0.2, 0.25) is 16.2 Å². The van der Waals surface area contributed by atoms with Crippen LogP contribution in [0.15, 0.2) is 63.6 Å². The van der Waals surface area contributed by atoms with E-state index in [0.717, 1.165) is 4.90 Å². The number of rotatable bonds is 14. The van der Waals surface area contributed by atoms with Crippen molar-refractivity contribution in [1.29, 1.82) is 0 Å². The van der Waals surface area contributed by atoms with Gasteiger partial charge in [-0.2, -0.15) is 16.8 Å². The number of aromatic nitrogens is 1. The van der Waals surface area contributed by atoms with Crippen LogP contribution in [-0.4, -0.2) is 103 Å². The number of fused-ring (bicyclic) bond motifs is 4. The number of azide groups is 1. The summed E-state index contributed by atoms with van der Waals surface area (Å²) in [6.07, 6.45) is 2.08. The lowest BCUT2D eigenvalue weighted by Crippen LogP contribution is -2.91. The maximum absolute atomic E-state index is 14.7. The number of amides is 3. The van der Waals surface area contributed by atoms with Crippen LogP contribution in [0, 0.1) is 0 Å². The summed E-state index contributed by atoms with van der Waals surface area (Å²) < 4.78 is 119. The molecule has 0 bridgehead atoms. The molecule has 3 aliphatic rings. The van der Waals surface area contributed by atoms with Gasteiger partial charge in [-0.05, 0) is 99.0 Å². The largest absolute Gasteiger partial charge is 0.744 e. The highest BCUT2D eigenvalue weighted by Crippen LogP contribution is 2.51. The van der Waals surface area contributed by atoms with Crippen LogP contribution < -0.4 is 36.3 Å². The van der Waals surface area contributed by atoms with Gasteiger partial charge in [-0.1, -0.05) is 25.0 Å². The molecule has 3 amide bonds. The molecule has 1 aromatic heterocycles. The summed E-state index contributed by atoms with van der Waals surface area (Å²) >= 11 is 0. The van der Waals surface area contributed by atoms with Crippen molar-refractivity contribution in [3.63, 3.8) is 0 Å². The first kappa shape index (κ1) is 51.4. The first-order valence-corrected chi connectivity index (χ1v) is 26.3. The Kier molecular flexibility index (Phi) is 13.7. The van der Waals surface area contributed by atoms with E-state index in [0.29, 0.717) is 35.3 Å². The van der Waals surface area contributed by atoms with Crippen LogP contribution >= 0.6 is 0 Å². The number of benzene rings is 3. The summed E-state index contributed by atoms with van der Waals surface area (Å²) in [5.74, 6) is -5.02. The minimum atomic E-state index is -5.51. The van der Waals surface area contributed by atoms with Gasteiger partial charge in [-0.3, -0.25) is 28.5 Å². The molecule has 2 atom stereocenters. The zero-order valence-electron chi connectivity index (χ0n) is 39.1. The van der Waals surface area contributed by atoms with Gasteiger partial charge in [-0.25, -0.2) is 13.4 Å². The van der Waals surface area contributed by atoms with Crippen LogP contribution in [-0.2, 0) is 41.7 Å². The molecule has 3 aliphatic heterocycles. The summed E-state index contributed by atoms with van der Waals surface area (Å²) in [5.41, 5.74) is 7.93. The van der Waals surface area contributed by atoms with Gasteiger partial charge in [0.25, 0.3) is 21.9 Å². The molecule has 0 radical (unpaired) electrons. The van der Waals surface area contributed by atoms with E-state index in [1.54, 1.807) is 38.1 Å². The molecule has 0 fully saturated rings. The van der Waals surface area contributed by atoms with Gasteiger partial charge in [0.1, 0.15) is 15.0 Å². The van der Waals surface area contributed by atoms with Crippen LogP contribution in [0.5, 0.6) is 11.5 Å². The second kappa shape index (κ2) is 18.7. The third-order valence-corrected chi connectivity index (χ3v) is 14.8. The van der Waals surface area contributed by atoms with Crippen molar-refractivity contribution in [2.75, 3.05) is 36.5 Å². The number of nitrogens with zero attached hydrogens (tertiary/aromatic N) is 5. The van der Waals surface area contributed by atoms with Gasteiger partial charge >= 0.3 is 10.1 Å². The Morgan fingerprint density at radius 3 is 2.30 bits per heavy atom. The molecule has 0 saturated heterocycles. The van der Waals surface area contributed by atoms with E-state index < -0.39 is 98.7 Å². The third kappa shape index (κ3) is 10.8. The molecule has 3 aromatic carbocycles. The number of nitrogens with one attached hydrogen (secondary N) is 4. The summed E-state index contributed by atoms with van der Waals surface area (Å²) in [7, 11) is -14.2. The molecular formula is C45H51N9O13S3. The molecule has 6 N–H and O–H groups in total. The average Bonchev–Trinajstić information content (AvgIpc) is 3.23. The quantitative estimate of drug-likeness (QED) is 0.0403. The molecule has 0 saturated carbocycles. The van der Waals surface area contributed by atoms with Gasteiger partial charge in [0.15, 0.2) is 17.0 Å². The molecule has 0 aliphatic carbocycles. The van der Waals surface area contributed by atoms with Crippen molar-refractivity contribution in [1.82, 2.24) is 15.2 Å². The Hall–Kier alpha value is -6.47. The summed E-state index contributed by atoms with van der Waals surface area (Å²) in [6, 6.07) is 10.1. The summed E-state index contributed by atoms with van der Waals surface area (Å²) in [5, 5.41) is 11.8. The molecule has 372 valence electrons. The van der Waals surface area contributed by atoms with Crippen LogP contribution in [0.2, 0.25) is 0 Å². The normalized spacial score (nSPS) is 17.7. The summed E-state index contributed by atoms with van der Waals surface area (Å²) in [6.45, 7) is 10.2. The number of ether oxygens (including phenoxy) is 1. The highest BCUT2D eigenvalue weighted by molar-refractivity contribution is 7.86. The number of carbonyl (C=O) groups excluding carboxylic acids is 3. The van der Waals surface area contributed by atoms with Crippen molar-refractivity contribution in [3.8, 4) is 11.5 Å². The fourth-order valence-corrected chi connectivity index (χ4v) is 11.5. The molecule has 70 heavy (non-hydrogen) atoms. The Bertz CT molecular complexity index is 3410. The predicted molar refractivity (Wildman–Crippen MR) is 252 cm³/mol. The van der Waals surface area contributed by atoms with Crippen molar-refractivity contribution >= 4 is 65.0 Å². The number of anilines is 2. The summed E-state index contributed by atoms with van der Waals surface area (Å²) in [4.78, 5) is 50.7. The molecular weight excluding hydrogens is 971 g/mol. The maximum atomic E-state index is 14.7. The predicted octanol–water partition coefficient (Wildman–Crippen LogP) is 2.80. The van der Waals surface area contributed by atoms with E-state index in [4.69, 9.17) is 10.3 Å². The lowest BCUT2D eigenvalue weighted by molar-refractivity contribution is -0.590. The second-order valence-corrected chi connectivity index (χ2v) is 23.2. The zero-order valence-corrected chi connectivity index (χ0v) is 41.5. The van der Waals surface area contributed by atoms with Crippen molar-refractivity contribution in [3.05, 3.63) is 109 Å². The van der Waals surface area contributed by atoms with Crippen molar-refractivity contribution in [2.45, 2.75) is 100 Å². The highest BCUT2D eigenvalue weighted by Gasteiger charge is 2.43. The van der Waals surface area contributed by atoms with Crippen LogP contribution in [0.4, 0.5) is 11.4 Å². The molecule has 4 heterocycles. The van der Waals surface area contributed by atoms with Gasteiger partial charge < -0.3 is 30.1 Å². The SMILES string of the molecule is CC1CC(C)(C)Nc2c1cc1c(c2S(=O)(=O)[O-])Oc2c(S(=O)(=O)O)c3c(cc2=C1c1ccc(C(=O)NCCC(=O)Nc2ccc(CN=[N+]=[N-])nc2)cc1C(=O)N(C)CCS(=O)(=O)O)C(C)CC(C)(C)[NH+]=3. The fraction of sp³-hybridized carbons (Fsp3) is 0.400. The number of pyridine rings is 1. The van der Waals surface area contributed by atoms with E-state index in [2.05, 4.69) is 36.0 Å². The van der Waals surface area contributed by atoms with E-state index >= 15 is 0 Å². The van der Waals surface area contributed by atoms with E-state index in [9.17, 15) is 53.3 Å². The minimum Gasteiger partial charge on any atom is -0.744 e. The fourth-order valence-electron chi connectivity index (χ4n) is 9.43. The Labute approximate surface area is 403 Å². The smallest absolute Gasteiger partial charge is 0.304 e. The topological polar surface area (TPSA) is 341 Å². The maximum Gasteiger partial charge on any atom is 0.304 e. The Balaban J connectivity index is 1.45. The van der Waals surface area contributed by atoms with Crippen molar-refractivity contribution < 1.29 is 63.0 Å². The van der Waals surface area contributed by atoms with Crippen molar-refractivity contribution in [2.24, 2.45) is 5.11 Å². The van der Waals surface area contributed by atoms with Gasteiger partial charge in [-0.15, -0.1) is 0 Å². The zero-order chi connectivity index (χ0) is 51.5. The number of hydrogen-bond acceptors (Lipinski definition) is 14.